The van der Waals surface area contributed by atoms with Gasteiger partial charge in [-0.05, 0) is 37.1 Å². The van der Waals surface area contributed by atoms with E-state index >= 15 is 0 Å². The normalized spacial score (nSPS) is 20.4. The minimum absolute atomic E-state index is 0.0578. The van der Waals surface area contributed by atoms with Gasteiger partial charge in [-0.2, -0.15) is 4.31 Å². The van der Waals surface area contributed by atoms with Crippen LogP contribution >= 0.6 is 0 Å². The van der Waals surface area contributed by atoms with Crippen LogP contribution in [0.15, 0.2) is 59.5 Å². The van der Waals surface area contributed by atoms with E-state index in [1.807, 2.05) is 6.07 Å². The van der Waals surface area contributed by atoms with Crippen molar-refractivity contribution in [3.05, 3.63) is 54.6 Å². The standard InChI is InChI=1S/C20H21N3O4S/c24-19-14-23(18-11-5-4-10-17(18)21-19)20(25)15-7-6-12-22(13-15)28(26,27)16-8-2-1-3-9-16/h1-5,8-11,15H,6-7,12-14H2,(H,21,24)/t15-/m1/s1. The average molecular weight is 399 g/mol. The Hall–Kier alpha value is -2.71. The van der Waals surface area contributed by atoms with Gasteiger partial charge >= 0.3 is 0 Å². The van der Waals surface area contributed by atoms with Gasteiger partial charge in [0.2, 0.25) is 21.8 Å². The third-order valence-electron chi connectivity index (χ3n) is 5.15. The summed E-state index contributed by atoms with van der Waals surface area (Å²) < 4.78 is 27.2. The molecule has 2 aromatic rings. The zero-order valence-electron chi connectivity index (χ0n) is 15.2. The lowest BCUT2D eigenvalue weighted by molar-refractivity contribution is -0.125. The maximum absolute atomic E-state index is 13.2. The van der Waals surface area contributed by atoms with Gasteiger partial charge in [-0.25, -0.2) is 8.42 Å². The van der Waals surface area contributed by atoms with Gasteiger partial charge in [-0.3, -0.25) is 9.59 Å². The Morgan fingerprint density at radius 3 is 2.54 bits per heavy atom. The molecule has 0 unspecified atom stereocenters. The SMILES string of the molecule is O=C1CN(C(=O)[C@@H]2CCCN(S(=O)(=O)c3ccccc3)C2)c2ccccc2N1. The molecule has 1 saturated heterocycles. The van der Waals surface area contributed by atoms with Gasteiger partial charge in [0.25, 0.3) is 0 Å². The molecule has 2 amide bonds. The third-order valence-corrected chi connectivity index (χ3v) is 7.03. The average Bonchev–Trinajstić information content (AvgIpc) is 2.73. The van der Waals surface area contributed by atoms with E-state index in [1.54, 1.807) is 48.5 Å². The quantitative estimate of drug-likeness (QED) is 0.856. The monoisotopic (exact) mass is 399 g/mol. The minimum Gasteiger partial charge on any atom is -0.323 e. The molecule has 2 aliphatic rings. The predicted octanol–water partition coefficient (Wildman–Crippen LogP) is 2.07. The van der Waals surface area contributed by atoms with Crippen LogP contribution < -0.4 is 10.2 Å². The number of carbonyl (C=O) groups is 2. The lowest BCUT2D eigenvalue weighted by Gasteiger charge is -2.36. The summed E-state index contributed by atoms with van der Waals surface area (Å²) in [6.45, 7) is 0.451. The second kappa shape index (κ2) is 7.37. The van der Waals surface area contributed by atoms with Crippen molar-refractivity contribution in [2.24, 2.45) is 5.92 Å². The van der Waals surface area contributed by atoms with Crippen molar-refractivity contribution in [3.8, 4) is 0 Å². The number of rotatable bonds is 3. The lowest BCUT2D eigenvalue weighted by atomic mass is 9.97. The Kier molecular flexibility index (Phi) is 4.91. The summed E-state index contributed by atoms with van der Waals surface area (Å²) in [6, 6.07) is 15.4. The Morgan fingerprint density at radius 1 is 1.04 bits per heavy atom. The van der Waals surface area contributed by atoms with Crippen LogP contribution in [-0.2, 0) is 19.6 Å². The van der Waals surface area contributed by atoms with Crippen LogP contribution in [0.1, 0.15) is 12.8 Å². The molecule has 0 aromatic heterocycles. The molecule has 0 bridgehead atoms. The second-order valence-corrected chi connectivity index (χ2v) is 8.94. The van der Waals surface area contributed by atoms with Crippen molar-refractivity contribution >= 4 is 33.2 Å². The molecule has 2 aromatic carbocycles. The van der Waals surface area contributed by atoms with E-state index in [1.165, 1.54) is 9.21 Å². The molecule has 1 fully saturated rings. The molecular weight excluding hydrogens is 378 g/mol. The van der Waals surface area contributed by atoms with Gasteiger partial charge in [-0.15, -0.1) is 0 Å². The smallest absolute Gasteiger partial charge is 0.244 e. The molecule has 0 spiro atoms. The molecule has 2 heterocycles. The van der Waals surface area contributed by atoms with Crippen LogP contribution in [-0.4, -0.2) is 44.2 Å². The molecule has 7 nitrogen and oxygen atoms in total. The van der Waals surface area contributed by atoms with Gasteiger partial charge in [0.1, 0.15) is 6.54 Å². The highest BCUT2D eigenvalue weighted by Crippen LogP contribution is 2.32. The number of amides is 2. The molecule has 4 rings (SSSR count). The molecule has 2 aliphatic heterocycles. The van der Waals surface area contributed by atoms with Crippen molar-refractivity contribution < 1.29 is 18.0 Å². The molecule has 0 saturated carbocycles. The van der Waals surface area contributed by atoms with Crippen LogP contribution in [0.2, 0.25) is 0 Å². The molecule has 1 atom stereocenters. The summed E-state index contributed by atoms with van der Waals surface area (Å²) >= 11 is 0. The number of hydrogen-bond donors (Lipinski definition) is 1. The highest BCUT2D eigenvalue weighted by Gasteiger charge is 2.37. The lowest BCUT2D eigenvalue weighted by Crippen LogP contribution is -2.50. The first-order valence-electron chi connectivity index (χ1n) is 9.22. The topological polar surface area (TPSA) is 86.8 Å². The number of hydrogen-bond acceptors (Lipinski definition) is 4. The fourth-order valence-electron chi connectivity index (χ4n) is 3.75. The number of fused-ring (bicyclic) bond motifs is 1. The number of sulfonamides is 1. The van der Waals surface area contributed by atoms with E-state index in [0.29, 0.717) is 30.8 Å². The summed E-state index contributed by atoms with van der Waals surface area (Å²) in [5, 5.41) is 2.76. The number of anilines is 2. The fourth-order valence-corrected chi connectivity index (χ4v) is 5.30. The van der Waals surface area contributed by atoms with Crippen LogP contribution in [0.5, 0.6) is 0 Å². The number of benzene rings is 2. The van der Waals surface area contributed by atoms with Crippen molar-refractivity contribution in [2.75, 3.05) is 29.9 Å². The van der Waals surface area contributed by atoms with Gasteiger partial charge < -0.3 is 10.2 Å². The largest absolute Gasteiger partial charge is 0.323 e. The van der Waals surface area contributed by atoms with Gasteiger partial charge in [0.05, 0.1) is 22.2 Å². The summed E-state index contributed by atoms with van der Waals surface area (Å²) in [4.78, 5) is 26.9. The molecular formula is C20H21N3O4S. The Labute approximate surface area is 164 Å². The molecule has 28 heavy (non-hydrogen) atoms. The Morgan fingerprint density at radius 2 is 1.75 bits per heavy atom. The third kappa shape index (κ3) is 3.41. The Bertz CT molecular complexity index is 1010. The fraction of sp³-hybridized carbons (Fsp3) is 0.300. The Balaban J connectivity index is 1.57. The van der Waals surface area contributed by atoms with E-state index in [0.717, 1.165) is 0 Å². The highest BCUT2D eigenvalue weighted by atomic mass is 32.2. The van der Waals surface area contributed by atoms with E-state index < -0.39 is 15.9 Å². The molecule has 0 aliphatic carbocycles. The second-order valence-electron chi connectivity index (χ2n) is 7.00. The molecule has 146 valence electrons. The summed E-state index contributed by atoms with van der Waals surface area (Å²) in [6.07, 6.45) is 1.20. The van der Waals surface area contributed by atoms with Crippen LogP contribution in [0.25, 0.3) is 0 Å². The number of nitrogens with one attached hydrogen (secondary N) is 1. The van der Waals surface area contributed by atoms with Crippen LogP contribution in [0, 0.1) is 5.92 Å². The zero-order valence-corrected chi connectivity index (χ0v) is 16.1. The highest BCUT2D eigenvalue weighted by molar-refractivity contribution is 7.89. The number of piperidine rings is 1. The van der Waals surface area contributed by atoms with Gasteiger partial charge in [0.15, 0.2) is 0 Å². The van der Waals surface area contributed by atoms with Crippen LogP contribution in [0.3, 0.4) is 0 Å². The van der Waals surface area contributed by atoms with E-state index in [2.05, 4.69) is 5.32 Å². The van der Waals surface area contributed by atoms with Crippen molar-refractivity contribution in [3.63, 3.8) is 0 Å². The minimum atomic E-state index is -3.65. The predicted molar refractivity (Wildman–Crippen MR) is 105 cm³/mol. The van der Waals surface area contributed by atoms with E-state index in [4.69, 9.17) is 0 Å². The van der Waals surface area contributed by atoms with E-state index in [9.17, 15) is 18.0 Å². The maximum Gasteiger partial charge on any atom is 0.244 e. The van der Waals surface area contributed by atoms with Crippen LogP contribution in [0.4, 0.5) is 11.4 Å². The van der Waals surface area contributed by atoms with Gasteiger partial charge in [-0.1, -0.05) is 30.3 Å². The van der Waals surface area contributed by atoms with Crippen molar-refractivity contribution in [2.45, 2.75) is 17.7 Å². The first-order chi connectivity index (χ1) is 13.5. The number of nitrogens with zero attached hydrogens (tertiary/aromatic N) is 2. The number of para-hydroxylation sites is 2. The molecule has 0 radical (unpaired) electrons. The summed E-state index contributed by atoms with van der Waals surface area (Å²) in [7, 11) is -3.65. The number of carbonyl (C=O) groups excluding carboxylic acids is 2. The molecule has 8 heteroatoms. The summed E-state index contributed by atoms with van der Waals surface area (Å²) in [5.41, 5.74) is 1.24. The van der Waals surface area contributed by atoms with E-state index in [-0.39, 0.29) is 29.8 Å². The zero-order chi connectivity index (χ0) is 19.7. The molecule has 1 N–H and O–H groups in total. The van der Waals surface area contributed by atoms with Gasteiger partial charge in [0, 0.05) is 13.1 Å². The first kappa shape index (κ1) is 18.6. The first-order valence-corrected chi connectivity index (χ1v) is 10.7. The maximum atomic E-state index is 13.2. The van der Waals surface area contributed by atoms with Crippen molar-refractivity contribution in [1.82, 2.24) is 4.31 Å². The summed E-state index contributed by atoms with van der Waals surface area (Å²) in [5.74, 6) is -0.946. The van der Waals surface area contributed by atoms with Crippen molar-refractivity contribution in [1.29, 1.82) is 0 Å².